The van der Waals surface area contributed by atoms with E-state index in [2.05, 4.69) is 0 Å². The van der Waals surface area contributed by atoms with Gasteiger partial charge in [0.25, 0.3) is 0 Å². The number of benzene rings is 2. The molecule has 0 bridgehead atoms. The van der Waals surface area contributed by atoms with Gasteiger partial charge < -0.3 is 0 Å². The van der Waals surface area contributed by atoms with E-state index in [0.29, 0.717) is 11.1 Å². The number of ketones is 1. The van der Waals surface area contributed by atoms with Crippen molar-refractivity contribution in [2.24, 2.45) is 0 Å². The molecule has 0 spiro atoms. The minimum Gasteiger partial charge on any atom is -0.294 e. The molecule has 0 aliphatic rings. The Morgan fingerprint density at radius 2 is 1.62 bits per heavy atom. The molecule has 0 heterocycles. The van der Waals surface area contributed by atoms with Gasteiger partial charge in [-0.15, -0.1) is 0 Å². The van der Waals surface area contributed by atoms with Crippen molar-refractivity contribution in [2.75, 3.05) is 0 Å². The molecule has 0 amide bonds. The number of halogens is 3. The molecule has 0 atom stereocenters. The lowest BCUT2D eigenvalue weighted by molar-refractivity contribution is 0.0982. The summed E-state index contributed by atoms with van der Waals surface area (Å²) >= 11 is 0. The second kappa shape index (κ2) is 6.23. The van der Waals surface area contributed by atoms with Gasteiger partial charge in [0.05, 0.1) is 11.6 Å². The summed E-state index contributed by atoms with van der Waals surface area (Å²) in [5.74, 6) is -4.27. The maximum atomic E-state index is 13.0. The van der Waals surface area contributed by atoms with Crippen molar-refractivity contribution in [1.82, 2.24) is 0 Å². The molecular formula is C16H10F3NO. The number of aryl methyl sites for hydroxylation is 1. The fourth-order valence-corrected chi connectivity index (χ4v) is 1.89. The molecule has 0 aromatic heterocycles. The van der Waals surface area contributed by atoms with Gasteiger partial charge in [-0.3, -0.25) is 4.79 Å². The van der Waals surface area contributed by atoms with Crippen molar-refractivity contribution in [3.63, 3.8) is 0 Å². The smallest absolute Gasteiger partial charge is 0.194 e. The quantitative estimate of drug-likeness (QED) is 0.634. The third kappa shape index (κ3) is 3.48. The largest absolute Gasteiger partial charge is 0.294 e. The van der Waals surface area contributed by atoms with Crippen LogP contribution >= 0.6 is 0 Å². The molecule has 2 aromatic rings. The topological polar surface area (TPSA) is 40.9 Å². The Morgan fingerprint density at radius 3 is 2.14 bits per heavy atom. The summed E-state index contributed by atoms with van der Waals surface area (Å²) in [6.07, 6.45) is 0.142. The van der Waals surface area contributed by atoms with E-state index in [1.807, 2.05) is 6.07 Å². The van der Waals surface area contributed by atoms with E-state index in [1.54, 1.807) is 0 Å². The van der Waals surface area contributed by atoms with Gasteiger partial charge >= 0.3 is 0 Å². The van der Waals surface area contributed by atoms with Crippen LogP contribution in [0.5, 0.6) is 0 Å². The van der Waals surface area contributed by atoms with Crippen LogP contribution in [0.3, 0.4) is 0 Å². The maximum Gasteiger partial charge on any atom is 0.194 e. The van der Waals surface area contributed by atoms with Crippen LogP contribution in [0.1, 0.15) is 27.9 Å². The van der Waals surface area contributed by atoms with Gasteiger partial charge in [0.15, 0.2) is 23.2 Å². The standard InChI is InChI=1S/C16H10F3NO/c17-13-7-11(8-14(18)16(13)19)3-6-15(21)12-4-1-10(9-20)2-5-12/h1-2,4-5,7-8H,3,6H2. The van der Waals surface area contributed by atoms with E-state index in [9.17, 15) is 18.0 Å². The highest BCUT2D eigenvalue weighted by Crippen LogP contribution is 2.16. The highest BCUT2D eigenvalue weighted by atomic mass is 19.2. The molecule has 0 fully saturated rings. The number of nitrogens with zero attached hydrogens (tertiary/aromatic N) is 1. The lowest BCUT2D eigenvalue weighted by Gasteiger charge is -2.04. The molecule has 0 radical (unpaired) electrons. The van der Waals surface area contributed by atoms with Crippen molar-refractivity contribution in [1.29, 1.82) is 5.26 Å². The Balaban J connectivity index is 2.05. The molecule has 2 nitrogen and oxygen atoms in total. The number of carbonyl (C=O) groups excluding carboxylic acids is 1. The first-order chi connectivity index (χ1) is 10.0. The molecular weight excluding hydrogens is 279 g/mol. The molecule has 5 heteroatoms. The van der Waals surface area contributed by atoms with E-state index in [4.69, 9.17) is 5.26 Å². The van der Waals surface area contributed by atoms with Crippen molar-refractivity contribution in [3.8, 4) is 6.07 Å². The first kappa shape index (κ1) is 14.8. The van der Waals surface area contributed by atoms with Gasteiger partial charge in [0, 0.05) is 12.0 Å². The summed E-state index contributed by atoms with van der Waals surface area (Å²) in [4.78, 5) is 11.9. The molecule has 2 aromatic carbocycles. The monoisotopic (exact) mass is 289 g/mol. The van der Waals surface area contributed by atoms with Gasteiger partial charge in [-0.25, -0.2) is 13.2 Å². The Bertz CT molecular complexity index is 694. The van der Waals surface area contributed by atoms with E-state index in [-0.39, 0.29) is 24.2 Å². The van der Waals surface area contributed by atoms with E-state index in [0.717, 1.165) is 12.1 Å². The van der Waals surface area contributed by atoms with Crippen LogP contribution in [-0.4, -0.2) is 5.78 Å². The van der Waals surface area contributed by atoms with Gasteiger partial charge in [0.2, 0.25) is 0 Å². The van der Waals surface area contributed by atoms with Gasteiger partial charge in [0.1, 0.15) is 0 Å². The first-order valence-electron chi connectivity index (χ1n) is 6.18. The zero-order chi connectivity index (χ0) is 15.4. The summed E-state index contributed by atoms with van der Waals surface area (Å²) in [6.45, 7) is 0. The summed E-state index contributed by atoms with van der Waals surface area (Å²) in [6, 6.07) is 9.78. The van der Waals surface area contributed by atoms with Crippen molar-refractivity contribution in [2.45, 2.75) is 12.8 Å². The van der Waals surface area contributed by atoms with Crippen LogP contribution in [0.2, 0.25) is 0 Å². The molecule has 0 aliphatic carbocycles. The zero-order valence-corrected chi connectivity index (χ0v) is 10.9. The van der Waals surface area contributed by atoms with Gasteiger partial charge in [-0.05, 0) is 36.2 Å². The number of hydrogen-bond acceptors (Lipinski definition) is 2. The summed E-state index contributed by atoms with van der Waals surface area (Å²) < 4.78 is 38.9. The highest BCUT2D eigenvalue weighted by molar-refractivity contribution is 5.96. The minimum atomic E-state index is -1.52. The molecule has 0 unspecified atom stereocenters. The van der Waals surface area contributed by atoms with Crippen molar-refractivity contribution < 1.29 is 18.0 Å². The summed E-state index contributed by atoms with van der Waals surface area (Å²) in [5.41, 5.74) is 1.07. The lowest BCUT2D eigenvalue weighted by Crippen LogP contribution is -2.02. The number of hydrogen-bond donors (Lipinski definition) is 0. The van der Waals surface area contributed by atoms with Crippen molar-refractivity contribution in [3.05, 3.63) is 70.5 Å². The number of nitriles is 1. The summed E-state index contributed by atoms with van der Waals surface area (Å²) in [7, 11) is 0. The average Bonchev–Trinajstić information content (AvgIpc) is 2.50. The second-order valence-electron chi connectivity index (χ2n) is 4.49. The SMILES string of the molecule is N#Cc1ccc(C(=O)CCc2cc(F)c(F)c(F)c2)cc1. The Kier molecular flexibility index (Phi) is 4.39. The molecule has 0 saturated carbocycles. The highest BCUT2D eigenvalue weighted by Gasteiger charge is 2.12. The Labute approximate surface area is 119 Å². The molecule has 0 aliphatic heterocycles. The van der Waals surface area contributed by atoms with Gasteiger partial charge in [-0.1, -0.05) is 12.1 Å². The number of rotatable bonds is 4. The van der Waals surface area contributed by atoms with Crippen LogP contribution in [0.25, 0.3) is 0 Å². The van der Waals surface area contributed by atoms with Crippen LogP contribution in [-0.2, 0) is 6.42 Å². The van der Waals surface area contributed by atoms with Crippen LogP contribution < -0.4 is 0 Å². The van der Waals surface area contributed by atoms with Crippen LogP contribution in [0, 0.1) is 28.8 Å². The third-order valence-corrected chi connectivity index (χ3v) is 3.02. The fraction of sp³-hybridized carbons (Fsp3) is 0.125. The lowest BCUT2D eigenvalue weighted by atomic mass is 10.0. The molecule has 0 N–H and O–H groups in total. The first-order valence-corrected chi connectivity index (χ1v) is 6.18. The Morgan fingerprint density at radius 1 is 1.05 bits per heavy atom. The van der Waals surface area contributed by atoms with Crippen LogP contribution in [0.4, 0.5) is 13.2 Å². The molecule has 2 rings (SSSR count). The summed E-state index contributed by atoms with van der Waals surface area (Å²) in [5, 5.41) is 8.66. The van der Waals surface area contributed by atoms with E-state index >= 15 is 0 Å². The third-order valence-electron chi connectivity index (χ3n) is 3.02. The Hall–Kier alpha value is -2.61. The normalized spacial score (nSPS) is 10.2. The second-order valence-corrected chi connectivity index (χ2v) is 4.49. The fourth-order valence-electron chi connectivity index (χ4n) is 1.89. The predicted octanol–water partition coefficient (Wildman–Crippen LogP) is 3.79. The van der Waals surface area contributed by atoms with E-state index in [1.165, 1.54) is 24.3 Å². The number of carbonyl (C=O) groups is 1. The van der Waals surface area contributed by atoms with Gasteiger partial charge in [-0.2, -0.15) is 5.26 Å². The zero-order valence-electron chi connectivity index (χ0n) is 10.9. The molecule has 0 saturated heterocycles. The minimum absolute atomic E-state index is 0.0381. The van der Waals surface area contributed by atoms with E-state index < -0.39 is 17.5 Å². The van der Waals surface area contributed by atoms with Crippen LogP contribution in [0.15, 0.2) is 36.4 Å². The maximum absolute atomic E-state index is 13.0. The van der Waals surface area contributed by atoms with Crippen molar-refractivity contribution >= 4 is 5.78 Å². The average molecular weight is 289 g/mol. The molecule has 21 heavy (non-hydrogen) atoms. The number of Topliss-reactive ketones (excluding diaryl/α,β-unsaturated/α-hetero) is 1. The predicted molar refractivity (Wildman–Crippen MR) is 70.1 cm³/mol. The molecule has 106 valence electrons.